The van der Waals surface area contributed by atoms with Gasteiger partial charge in [-0.05, 0) is 11.1 Å². The summed E-state index contributed by atoms with van der Waals surface area (Å²) in [6.07, 6.45) is 5.62. The molecule has 1 aliphatic rings. The van der Waals surface area contributed by atoms with E-state index in [4.69, 9.17) is 0 Å². The van der Waals surface area contributed by atoms with Gasteiger partial charge in [-0.1, -0.05) is 24.3 Å². The standard InChI is InChI=1S/C15H19N5/c1-19-7-6-17-15(19)18-10-13-3-2-4-14(9-13)11-20-8-5-16-12-20/h2-5,8-9,12H,6-7,10-11H2,1H3,(H,17,18). The molecule has 0 fully saturated rings. The number of hydrogen-bond donors (Lipinski definition) is 1. The number of nitrogens with zero attached hydrogens (tertiary/aromatic N) is 4. The SMILES string of the molecule is CN1CCN=C1NCc1cccc(Cn2ccnc2)c1. The van der Waals surface area contributed by atoms with Gasteiger partial charge in [-0.15, -0.1) is 0 Å². The Kier molecular flexibility index (Phi) is 3.67. The van der Waals surface area contributed by atoms with E-state index in [0.29, 0.717) is 0 Å². The normalized spacial score (nSPS) is 14.4. The predicted octanol–water partition coefficient (Wildman–Crippen LogP) is 1.32. The zero-order valence-corrected chi connectivity index (χ0v) is 11.7. The Labute approximate surface area is 119 Å². The number of nitrogens with one attached hydrogen (secondary N) is 1. The van der Waals surface area contributed by atoms with Crippen LogP contribution in [-0.2, 0) is 13.1 Å². The summed E-state index contributed by atoms with van der Waals surface area (Å²) in [5.74, 6) is 0.991. The Balaban J connectivity index is 1.62. The first-order chi connectivity index (χ1) is 9.81. The second-order valence-corrected chi connectivity index (χ2v) is 5.04. The van der Waals surface area contributed by atoms with Crippen molar-refractivity contribution >= 4 is 5.96 Å². The number of benzene rings is 1. The molecule has 1 aliphatic heterocycles. The molecular weight excluding hydrogens is 250 g/mol. The van der Waals surface area contributed by atoms with E-state index in [-0.39, 0.29) is 0 Å². The molecular formula is C15H19N5. The van der Waals surface area contributed by atoms with Crippen LogP contribution in [0.25, 0.3) is 0 Å². The molecule has 2 aromatic rings. The van der Waals surface area contributed by atoms with Crippen molar-refractivity contribution in [2.24, 2.45) is 4.99 Å². The highest BCUT2D eigenvalue weighted by Gasteiger charge is 2.11. The van der Waals surface area contributed by atoms with E-state index >= 15 is 0 Å². The fraction of sp³-hybridized carbons (Fsp3) is 0.333. The van der Waals surface area contributed by atoms with Crippen LogP contribution in [0.4, 0.5) is 0 Å². The third kappa shape index (κ3) is 2.99. The van der Waals surface area contributed by atoms with Crippen LogP contribution in [0.3, 0.4) is 0 Å². The van der Waals surface area contributed by atoms with Crippen LogP contribution in [0.1, 0.15) is 11.1 Å². The van der Waals surface area contributed by atoms with Gasteiger partial charge in [0.15, 0.2) is 5.96 Å². The highest BCUT2D eigenvalue weighted by atomic mass is 15.3. The van der Waals surface area contributed by atoms with Crippen LogP contribution < -0.4 is 5.32 Å². The molecule has 0 aliphatic carbocycles. The van der Waals surface area contributed by atoms with Gasteiger partial charge >= 0.3 is 0 Å². The molecule has 0 spiro atoms. The van der Waals surface area contributed by atoms with Gasteiger partial charge < -0.3 is 14.8 Å². The van der Waals surface area contributed by atoms with Gasteiger partial charge in [0, 0.05) is 39.1 Å². The van der Waals surface area contributed by atoms with Crippen molar-refractivity contribution in [1.82, 2.24) is 19.8 Å². The van der Waals surface area contributed by atoms with Gasteiger partial charge in [-0.2, -0.15) is 0 Å². The van der Waals surface area contributed by atoms with Crippen molar-refractivity contribution in [3.63, 3.8) is 0 Å². The average Bonchev–Trinajstić information content (AvgIpc) is 3.09. The fourth-order valence-corrected chi connectivity index (χ4v) is 2.33. The van der Waals surface area contributed by atoms with E-state index < -0.39 is 0 Å². The summed E-state index contributed by atoms with van der Waals surface area (Å²) in [5.41, 5.74) is 2.55. The minimum absolute atomic E-state index is 0.806. The van der Waals surface area contributed by atoms with Crippen LogP contribution >= 0.6 is 0 Å². The van der Waals surface area contributed by atoms with Crippen molar-refractivity contribution in [2.75, 3.05) is 20.1 Å². The molecule has 0 bridgehead atoms. The highest BCUT2D eigenvalue weighted by Crippen LogP contribution is 2.08. The van der Waals surface area contributed by atoms with Crippen molar-refractivity contribution in [3.05, 3.63) is 54.1 Å². The zero-order chi connectivity index (χ0) is 13.8. The van der Waals surface area contributed by atoms with Crippen molar-refractivity contribution in [2.45, 2.75) is 13.1 Å². The second kappa shape index (κ2) is 5.77. The first-order valence-electron chi connectivity index (χ1n) is 6.84. The van der Waals surface area contributed by atoms with E-state index in [9.17, 15) is 0 Å². The number of imidazole rings is 1. The van der Waals surface area contributed by atoms with E-state index in [1.165, 1.54) is 11.1 Å². The summed E-state index contributed by atoms with van der Waals surface area (Å²) < 4.78 is 2.07. The molecule has 0 atom stereocenters. The summed E-state index contributed by atoms with van der Waals surface area (Å²) in [4.78, 5) is 10.6. The van der Waals surface area contributed by atoms with Crippen molar-refractivity contribution in [1.29, 1.82) is 0 Å². The van der Waals surface area contributed by atoms with Gasteiger partial charge in [0.25, 0.3) is 0 Å². The van der Waals surface area contributed by atoms with Gasteiger partial charge in [0.2, 0.25) is 0 Å². The first kappa shape index (κ1) is 12.7. The summed E-state index contributed by atoms with van der Waals surface area (Å²) in [6.45, 7) is 3.55. The van der Waals surface area contributed by atoms with Gasteiger partial charge in [0.1, 0.15) is 0 Å². The largest absolute Gasteiger partial charge is 0.352 e. The third-order valence-corrected chi connectivity index (χ3v) is 3.42. The van der Waals surface area contributed by atoms with Crippen LogP contribution in [0, 0.1) is 0 Å². The van der Waals surface area contributed by atoms with Crippen molar-refractivity contribution < 1.29 is 0 Å². The average molecular weight is 269 g/mol. The van der Waals surface area contributed by atoms with Crippen LogP contribution in [0.5, 0.6) is 0 Å². The molecule has 104 valence electrons. The van der Waals surface area contributed by atoms with Gasteiger partial charge in [0.05, 0.1) is 12.9 Å². The molecule has 2 heterocycles. The fourth-order valence-electron chi connectivity index (χ4n) is 2.33. The molecule has 3 rings (SSSR count). The minimum Gasteiger partial charge on any atom is -0.352 e. The van der Waals surface area contributed by atoms with Crippen LogP contribution in [0.2, 0.25) is 0 Å². The topological polar surface area (TPSA) is 45.5 Å². The highest BCUT2D eigenvalue weighted by molar-refractivity contribution is 5.81. The molecule has 0 radical (unpaired) electrons. The Morgan fingerprint density at radius 3 is 2.95 bits per heavy atom. The van der Waals surface area contributed by atoms with E-state index in [1.807, 2.05) is 12.5 Å². The summed E-state index contributed by atoms with van der Waals surface area (Å²) in [5, 5.41) is 3.39. The second-order valence-electron chi connectivity index (χ2n) is 5.04. The number of aliphatic imine (C=N–C) groups is 1. The zero-order valence-electron chi connectivity index (χ0n) is 11.7. The number of likely N-dealkylation sites (N-methyl/N-ethyl adjacent to an activating group) is 1. The number of rotatable bonds is 4. The van der Waals surface area contributed by atoms with Crippen LogP contribution in [-0.4, -0.2) is 40.5 Å². The monoisotopic (exact) mass is 269 g/mol. The summed E-state index contributed by atoms with van der Waals surface area (Å²) in [7, 11) is 2.06. The van der Waals surface area contributed by atoms with E-state index in [0.717, 1.165) is 32.1 Å². The lowest BCUT2D eigenvalue weighted by Crippen LogP contribution is -2.35. The Morgan fingerprint density at radius 1 is 1.30 bits per heavy atom. The molecule has 20 heavy (non-hydrogen) atoms. The third-order valence-electron chi connectivity index (χ3n) is 3.42. The quantitative estimate of drug-likeness (QED) is 0.910. The number of guanidine groups is 1. The number of aromatic nitrogens is 2. The molecule has 0 unspecified atom stereocenters. The van der Waals surface area contributed by atoms with Gasteiger partial charge in [-0.3, -0.25) is 4.99 Å². The maximum absolute atomic E-state index is 4.43. The first-order valence-corrected chi connectivity index (χ1v) is 6.84. The smallest absolute Gasteiger partial charge is 0.194 e. The van der Waals surface area contributed by atoms with E-state index in [2.05, 4.69) is 56.1 Å². The molecule has 1 aromatic carbocycles. The Bertz CT molecular complexity index is 588. The lowest BCUT2D eigenvalue weighted by molar-refractivity contribution is 0.534. The molecule has 5 nitrogen and oxygen atoms in total. The molecule has 0 saturated carbocycles. The Morgan fingerprint density at radius 2 is 2.20 bits per heavy atom. The number of hydrogen-bond acceptors (Lipinski definition) is 4. The molecule has 0 saturated heterocycles. The van der Waals surface area contributed by atoms with Gasteiger partial charge in [-0.25, -0.2) is 4.98 Å². The van der Waals surface area contributed by atoms with E-state index in [1.54, 1.807) is 6.20 Å². The molecule has 1 aromatic heterocycles. The maximum atomic E-state index is 4.43. The summed E-state index contributed by atoms with van der Waals surface area (Å²) in [6, 6.07) is 8.61. The molecule has 1 N–H and O–H groups in total. The Hall–Kier alpha value is -2.30. The predicted molar refractivity (Wildman–Crippen MR) is 79.5 cm³/mol. The maximum Gasteiger partial charge on any atom is 0.194 e. The molecule has 0 amide bonds. The van der Waals surface area contributed by atoms with Crippen molar-refractivity contribution in [3.8, 4) is 0 Å². The minimum atomic E-state index is 0.806. The summed E-state index contributed by atoms with van der Waals surface area (Å²) >= 11 is 0. The van der Waals surface area contributed by atoms with Crippen LogP contribution in [0.15, 0.2) is 48.0 Å². The molecule has 5 heteroatoms. The lowest BCUT2D eigenvalue weighted by Gasteiger charge is -2.15. The lowest BCUT2D eigenvalue weighted by atomic mass is 10.1.